The number of aromatic nitrogens is 5. The highest BCUT2D eigenvalue weighted by atomic mass is 32.2. The first kappa shape index (κ1) is 25.6. The number of ether oxygens (including phenoxy) is 1. The van der Waals surface area contributed by atoms with E-state index in [0.29, 0.717) is 29.0 Å². The van der Waals surface area contributed by atoms with Gasteiger partial charge in [-0.25, -0.2) is 14.5 Å². The van der Waals surface area contributed by atoms with Crippen LogP contribution < -0.4 is 15.4 Å². The van der Waals surface area contributed by atoms with E-state index in [9.17, 15) is 9.59 Å². The van der Waals surface area contributed by atoms with Crippen molar-refractivity contribution < 1.29 is 19.4 Å². The van der Waals surface area contributed by atoms with Gasteiger partial charge < -0.3 is 25.4 Å². The Kier molecular flexibility index (Phi) is 8.61. The van der Waals surface area contributed by atoms with Crippen molar-refractivity contribution in [3.8, 4) is 5.88 Å². The summed E-state index contributed by atoms with van der Waals surface area (Å²) in [6, 6.07) is 3.35. The van der Waals surface area contributed by atoms with E-state index in [1.165, 1.54) is 16.4 Å². The third-order valence-corrected chi connectivity index (χ3v) is 6.20. The minimum absolute atomic E-state index is 0.0472. The number of carboxylic acids is 1. The number of aliphatic carboxylic acids is 1. The number of carbonyl (C=O) groups excluding carboxylic acids is 1. The molecule has 3 heterocycles. The molecule has 12 nitrogen and oxygen atoms in total. The Bertz CT molecular complexity index is 1000. The maximum atomic E-state index is 12.5. The maximum Gasteiger partial charge on any atom is 0.416 e. The fourth-order valence-corrected chi connectivity index (χ4v) is 4.60. The second-order valence-electron chi connectivity index (χ2n) is 8.71. The zero-order chi connectivity index (χ0) is 24.7. The fourth-order valence-electron chi connectivity index (χ4n) is 3.10. The molecule has 2 aromatic heterocycles. The molecule has 2 aromatic rings. The topological polar surface area (TPSA) is 147 Å². The van der Waals surface area contributed by atoms with Crippen molar-refractivity contribution in [3.63, 3.8) is 0 Å². The average molecular weight is 509 g/mol. The molecule has 1 amide bonds. The highest BCUT2D eigenvalue weighted by Gasteiger charge is 2.26. The monoisotopic (exact) mass is 508 g/mol. The molecule has 1 saturated heterocycles. The van der Waals surface area contributed by atoms with E-state index in [2.05, 4.69) is 31.1 Å². The number of rotatable bonds is 7. The Morgan fingerprint density at radius 3 is 2.65 bits per heavy atom. The molecule has 0 aromatic carbocycles. The standard InChI is InChI=1S/C20H28N8O4S2/c1-20(2,3)23-17(33)22-13-4-5-15(21-12-13)32-19(31)27-9-6-14(7-10-27)34-18-24-25-26-28(18)11-8-16(29)30/h4-5,12,14H,6-11H2,1-3H3,(H,29,30)(H2,22,23,33). The summed E-state index contributed by atoms with van der Waals surface area (Å²) in [6.07, 6.45) is 2.53. The molecule has 0 unspecified atom stereocenters. The predicted molar refractivity (Wildman–Crippen MR) is 130 cm³/mol. The van der Waals surface area contributed by atoms with Crippen molar-refractivity contribution in [2.24, 2.45) is 0 Å². The van der Waals surface area contributed by atoms with Gasteiger partial charge in [0.15, 0.2) is 5.11 Å². The lowest BCUT2D eigenvalue weighted by Gasteiger charge is -2.30. The van der Waals surface area contributed by atoms with Crippen LogP contribution in [0.3, 0.4) is 0 Å². The summed E-state index contributed by atoms with van der Waals surface area (Å²) in [5.41, 5.74) is 0.526. The number of pyridine rings is 1. The van der Waals surface area contributed by atoms with Gasteiger partial charge in [0, 0.05) is 29.9 Å². The molecule has 3 N–H and O–H groups in total. The van der Waals surface area contributed by atoms with E-state index < -0.39 is 12.1 Å². The molecule has 0 atom stereocenters. The fraction of sp³-hybridized carbons (Fsp3) is 0.550. The second kappa shape index (κ2) is 11.4. The van der Waals surface area contributed by atoms with Crippen molar-refractivity contribution in [1.29, 1.82) is 0 Å². The van der Waals surface area contributed by atoms with Gasteiger partial charge in [-0.15, -0.1) is 5.10 Å². The SMILES string of the molecule is CC(C)(C)NC(=S)Nc1ccc(OC(=O)N2CCC(Sc3nnnn3CCC(=O)O)CC2)nc1. The number of nitrogens with one attached hydrogen (secondary N) is 2. The normalized spacial score (nSPS) is 14.5. The lowest BCUT2D eigenvalue weighted by atomic mass is 10.1. The Balaban J connectivity index is 1.44. The Labute approximate surface area is 206 Å². The van der Waals surface area contributed by atoms with E-state index >= 15 is 0 Å². The number of carbonyl (C=O) groups is 2. The predicted octanol–water partition coefficient (Wildman–Crippen LogP) is 2.38. The quantitative estimate of drug-likeness (QED) is 0.472. The number of anilines is 1. The molecular formula is C20H28N8O4S2. The van der Waals surface area contributed by atoms with Gasteiger partial charge in [0.05, 0.1) is 24.8 Å². The van der Waals surface area contributed by atoms with Crippen LogP contribution in [0.15, 0.2) is 23.5 Å². The summed E-state index contributed by atoms with van der Waals surface area (Å²) in [5, 5.41) is 27.8. The van der Waals surface area contributed by atoms with Crippen LogP contribution in [0.1, 0.15) is 40.0 Å². The number of hydrogen-bond acceptors (Lipinski definition) is 9. The number of carboxylic acid groups (broad SMARTS) is 1. The first-order chi connectivity index (χ1) is 16.1. The van der Waals surface area contributed by atoms with Crippen LogP contribution in [-0.4, -0.2) is 76.3 Å². The van der Waals surface area contributed by atoms with Crippen molar-refractivity contribution >= 4 is 46.8 Å². The zero-order valence-electron chi connectivity index (χ0n) is 19.2. The largest absolute Gasteiger partial charge is 0.481 e. The van der Waals surface area contributed by atoms with Crippen molar-refractivity contribution in [2.45, 2.75) is 62.5 Å². The summed E-state index contributed by atoms with van der Waals surface area (Å²) in [6.45, 7) is 7.30. The van der Waals surface area contributed by atoms with Crippen LogP contribution in [-0.2, 0) is 11.3 Å². The lowest BCUT2D eigenvalue weighted by molar-refractivity contribution is -0.137. The summed E-state index contributed by atoms with van der Waals surface area (Å²) >= 11 is 6.77. The molecule has 0 spiro atoms. The molecule has 1 aliphatic rings. The smallest absolute Gasteiger partial charge is 0.416 e. The highest BCUT2D eigenvalue weighted by Crippen LogP contribution is 2.29. The highest BCUT2D eigenvalue weighted by molar-refractivity contribution is 7.99. The van der Waals surface area contributed by atoms with Gasteiger partial charge >= 0.3 is 12.1 Å². The molecule has 0 bridgehead atoms. The maximum absolute atomic E-state index is 12.5. The molecule has 1 aliphatic heterocycles. The summed E-state index contributed by atoms with van der Waals surface area (Å²) in [5.74, 6) is -0.695. The second-order valence-corrected chi connectivity index (χ2v) is 10.4. The molecule has 0 saturated carbocycles. The summed E-state index contributed by atoms with van der Waals surface area (Å²) in [7, 11) is 0. The number of nitrogens with zero attached hydrogens (tertiary/aromatic N) is 6. The molecule has 1 fully saturated rings. The van der Waals surface area contributed by atoms with Crippen molar-refractivity contribution in [2.75, 3.05) is 18.4 Å². The first-order valence-electron chi connectivity index (χ1n) is 10.8. The van der Waals surface area contributed by atoms with Crippen LogP contribution in [0.25, 0.3) is 0 Å². The van der Waals surface area contributed by atoms with Crippen LogP contribution in [0.4, 0.5) is 10.5 Å². The van der Waals surface area contributed by atoms with Gasteiger partial charge in [-0.2, -0.15) is 0 Å². The van der Waals surface area contributed by atoms with Crippen LogP contribution >= 0.6 is 24.0 Å². The van der Waals surface area contributed by atoms with E-state index in [1.54, 1.807) is 23.2 Å². The number of piperidine rings is 1. The number of thioether (sulfide) groups is 1. The molecule has 3 rings (SSSR count). The van der Waals surface area contributed by atoms with E-state index in [4.69, 9.17) is 22.1 Å². The van der Waals surface area contributed by atoms with Crippen LogP contribution in [0.5, 0.6) is 5.88 Å². The Hall–Kier alpha value is -3.00. The number of tetrazole rings is 1. The van der Waals surface area contributed by atoms with E-state index in [0.717, 1.165) is 12.8 Å². The number of likely N-dealkylation sites (tertiary alicyclic amines) is 1. The Morgan fingerprint density at radius 1 is 1.29 bits per heavy atom. The minimum Gasteiger partial charge on any atom is -0.481 e. The van der Waals surface area contributed by atoms with E-state index in [-0.39, 0.29) is 29.6 Å². The van der Waals surface area contributed by atoms with Gasteiger partial charge in [-0.3, -0.25) is 4.79 Å². The molecule has 184 valence electrons. The van der Waals surface area contributed by atoms with Crippen molar-refractivity contribution in [3.05, 3.63) is 18.3 Å². The van der Waals surface area contributed by atoms with Crippen molar-refractivity contribution in [1.82, 2.24) is 35.4 Å². The third kappa shape index (κ3) is 8.09. The summed E-state index contributed by atoms with van der Waals surface area (Å²) < 4.78 is 6.91. The number of thiocarbonyl (C=S) groups is 1. The van der Waals surface area contributed by atoms with Gasteiger partial charge in [0.2, 0.25) is 11.0 Å². The molecular weight excluding hydrogens is 480 g/mol. The first-order valence-corrected chi connectivity index (χ1v) is 12.0. The number of hydrogen-bond donors (Lipinski definition) is 3. The van der Waals surface area contributed by atoms with Gasteiger partial charge in [0.1, 0.15) is 0 Å². The molecule has 14 heteroatoms. The van der Waals surface area contributed by atoms with Gasteiger partial charge in [0.25, 0.3) is 0 Å². The van der Waals surface area contributed by atoms with Gasteiger partial charge in [-0.1, -0.05) is 11.8 Å². The zero-order valence-corrected chi connectivity index (χ0v) is 20.9. The minimum atomic E-state index is -0.903. The molecule has 34 heavy (non-hydrogen) atoms. The number of amides is 1. The molecule has 0 radical (unpaired) electrons. The summed E-state index contributed by atoms with van der Waals surface area (Å²) in [4.78, 5) is 29.1. The lowest BCUT2D eigenvalue weighted by Crippen LogP contribution is -2.42. The number of aryl methyl sites for hydroxylation is 1. The average Bonchev–Trinajstić information content (AvgIpc) is 3.19. The molecule has 0 aliphatic carbocycles. The Morgan fingerprint density at radius 2 is 2.03 bits per heavy atom. The van der Waals surface area contributed by atoms with Crippen LogP contribution in [0, 0.1) is 0 Å². The van der Waals surface area contributed by atoms with E-state index in [1.807, 2.05) is 20.8 Å². The van der Waals surface area contributed by atoms with Gasteiger partial charge in [-0.05, 0) is 62.3 Å². The van der Waals surface area contributed by atoms with Crippen LogP contribution in [0.2, 0.25) is 0 Å². The third-order valence-electron chi connectivity index (χ3n) is 4.68.